The van der Waals surface area contributed by atoms with Crippen molar-refractivity contribution in [2.45, 2.75) is 0 Å². The third kappa shape index (κ3) is 2340000. The molecule has 0 fully saturated rings. The van der Waals surface area contributed by atoms with Gasteiger partial charge in [0.1, 0.15) is 0 Å². The van der Waals surface area contributed by atoms with Gasteiger partial charge in [0.05, 0.1) is 0 Å². The second-order valence-corrected chi connectivity index (χ2v) is 1.22. The first-order valence-electron chi connectivity index (χ1n) is 0.667. The van der Waals surface area contributed by atoms with Crippen LogP contribution < -0.4 is 0 Å². The van der Waals surface area contributed by atoms with Gasteiger partial charge in [-0.15, -0.1) is 0 Å². The maximum Gasteiger partial charge on any atom is 2.00 e. The molecule has 0 amide bonds. The monoisotopic (exact) mass is 321 g/mol. The fourth-order valence-electron chi connectivity index (χ4n) is 0. The zero-order chi connectivity index (χ0) is 4.50. The van der Waals surface area contributed by atoms with Gasteiger partial charge in [0.2, 0.25) is 0 Å². The average Bonchev–Trinajstić information content (AvgIpc) is 0.722. The van der Waals surface area contributed by atoms with Crippen molar-refractivity contribution in [2.24, 2.45) is 0 Å². The van der Waals surface area contributed by atoms with Gasteiger partial charge in [0.25, 0.3) is 0 Å². The Bertz CT molecular complexity index is 93.7. The second kappa shape index (κ2) is 65.5. The summed E-state index contributed by atoms with van der Waals surface area (Å²) in [6, 6.07) is 0. The summed E-state index contributed by atoms with van der Waals surface area (Å²) in [5, 5.41) is 0. The van der Waals surface area contributed by atoms with Crippen LogP contribution in [0.3, 0.4) is 0 Å². The van der Waals surface area contributed by atoms with Crippen molar-refractivity contribution in [2.75, 3.05) is 0 Å². The Morgan fingerprint density at radius 3 is 0.533 bits per heavy atom. The molecule has 0 bridgehead atoms. The summed E-state index contributed by atoms with van der Waals surface area (Å²) in [7, 11) is -5.17. The molecule has 0 saturated carbocycles. The van der Waals surface area contributed by atoms with E-state index in [4.69, 9.17) is 17.5 Å². The number of hydrogen-bond donors (Lipinski definition) is 0. The van der Waals surface area contributed by atoms with Crippen molar-refractivity contribution in [3.05, 3.63) is 0 Å². The molecule has 0 atom stereocenters. The van der Waals surface area contributed by atoms with E-state index in [-0.39, 0.29) is 66.4 Å². The maximum atomic E-state index is 8.52. The van der Waals surface area contributed by atoms with Gasteiger partial charge in [0.15, 0.2) is 0 Å². The first kappa shape index (κ1) is 182. The fourth-order valence-corrected chi connectivity index (χ4v) is 0. The van der Waals surface area contributed by atoms with Crippen LogP contribution in [0.1, 0.15) is 0 Å². The van der Waals surface area contributed by atoms with E-state index in [0.29, 0.717) is 0 Å². The van der Waals surface area contributed by atoms with E-state index in [1.54, 1.807) is 0 Å². The van der Waals surface area contributed by atoms with Gasteiger partial charge in [-0.3, -0.25) is 8.42 Å². The Morgan fingerprint density at radius 2 is 0.533 bits per heavy atom. The van der Waals surface area contributed by atoms with Crippen LogP contribution in [-0.4, -0.2) is 66.8 Å². The van der Waals surface area contributed by atoms with Crippen LogP contribution in [0.5, 0.6) is 0 Å². The molecule has 0 aliphatic heterocycles. The summed E-state index contributed by atoms with van der Waals surface area (Å²) in [6.07, 6.45) is 0. The molecular formula is H18CuO13S. The van der Waals surface area contributed by atoms with Crippen LogP contribution in [0.15, 0.2) is 0 Å². The number of hydrogen-bond acceptors (Lipinski definition) is 4. The zero-order valence-electron chi connectivity index (χ0n) is 6.84. The fraction of sp³-hybridized carbons (Fsp3) is 0. The number of rotatable bonds is 0. The van der Waals surface area contributed by atoms with Crippen molar-refractivity contribution in [1.29, 1.82) is 0 Å². The van der Waals surface area contributed by atoms with Crippen LogP contribution in [0.2, 0.25) is 0 Å². The van der Waals surface area contributed by atoms with Crippen molar-refractivity contribution < 1.29 is 83.9 Å². The predicted molar refractivity (Wildman–Crippen MR) is 43.0 cm³/mol. The Kier molecular flexibility index (Phi) is 796. The average molecular weight is 322 g/mol. The molecule has 15 heavy (non-hydrogen) atoms. The molecule has 0 rings (SSSR count). The molecule has 113 valence electrons. The molecule has 0 saturated heterocycles. The van der Waals surface area contributed by atoms with Gasteiger partial charge < -0.3 is 58.4 Å². The van der Waals surface area contributed by atoms with Gasteiger partial charge in [0, 0.05) is 10.4 Å². The van der Waals surface area contributed by atoms with Gasteiger partial charge in [-0.05, 0) is 0 Å². The normalized spacial score (nSPS) is 3.87. The molecule has 13 nitrogen and oxygen atoms in total. The van der Waals surface area contributed by atoms with Gasteiger partial charge in [-0.25, -0.2) is 0 Å². The third-order valence-corrected chi connectivity index (χ3v) is 0. The molecule has 0 unspecified atom stereocenters. The summed E-state index contributed by atoms with van der Waals surface area (Å²) >= 11 is 0. The molecule has 18 N–H and O–H groups in total. The standard InChI is InChI=1S/Cu.H2O4S.9H2O/c;1-5(2,3)4;;;;;;;;;/h;(H2,1,2,3,4);9*1H2/q+2;;;;;;;;;;/p-2. The molecular weight excluding hydrogens is 304 g/mol. The first-order valence-corrected chi connectivity index (χ1v) is 2.00. The minimum absolute atomic E-state index is 0. The summed E-state index contributed by atoms with van der Waals surface area (Å²) in [4.78, 5) is 0. The van der Waals surface area contributed by atoms with Gasteiger partial charge in [-0.2, -0.15) is 0 Å². The van der Waals surface area contributed by atoms with E-state index in [0.717, 1.165) is 0 Å². The molecule has 0 aromatic heterocycles. The van der Waals surface area contributed by atoms with Crippen LogP contribution >= 0.6 is 0 Å². The molecule has 0 aliphatic carbocycles. The topological polar surface area (TPSA) is 364 Å². The van der Waals surface area contributed by atoms with Gasteiger partial charge >= 0.3 is 17.1 Å². The molecule has 0 aromatic rings. The second-order valence-electron chi connectivity index (χ2n) is 0.408. The molecule has 0 heterocycles. The van der Waals surface area contributed by atoms with E-state index in [2.05, 4.69) is 0 Å². The summed E-state index contributed by atoms with van der Waals surface area (Å²) in [5.74, 6) is 0. The summed E-state index contributed by atoms with van der Waals surface area (Å²) in [5.41, 5.74) is 0. The van der Waals surface area contributed by atoms with Crippen molar-refractivity contribution >= 4 is 10.4 Å². The molecule has 0 aromatic carbocycles. The largest absolute Gasteiger partial charge is 2.00 e. The molecule has 1 radical (unpaired) electrons. The summed E-state index contributed by atoms with van der Waals surface area (Å²) in [6.45, 7) is 0. The van der Waals surface area contributed by atoms with E-state index in [1.165, 1.54) is 0 Å². The minimum Gasteiger partial charge on any atom is -0.759 e. The van der Waals surface area contributed by atoms with Crippen molar-refractivity contribution in [3.63, 3.8) is 0 Å². The van der Waals surface area contributed by atoms with E-state index in [9.17, 15) is 0 Å². The zero-order valence-corrected chi connectivity index (χ0v) is 8.60. The molecule has 0 aliphatic rings. The minimum atomic E-state index is -5.17. The van der Waals surface area contributed by atoms with E-state index >= 15 is 0 Å². The maximum absolute atomic E-state index is 8.52. The van der Waals surface area contributed by atoms with Gasteiger partial charge in [-0.1, -0.05) is 0 Å². The van der Waals surface area contributed by atoms with Crippen LogP contribution in [0, 0.1) is 0 Å². The van der Waals surface area contributed by atoms with Crippen molar-refractivity contribution in [3.8, 4) is 0 Å². The predicted octanol–water partition coefficient (Wildman–Crippen LogP) is -8.76. The third-order valence-electron chi connectivity index (χ3n) is 0. The molecule has 15 heteroatoms. The van der Waals surface area contributed by atoms with Crippen LogP contribution in [-0.2, 0) is 27.5 Å². The Morgan fingerprint density at radius 1 is 0.533 bits per heavy atom. The first-order chi connectivity index (χ1) is 2.00. The van der Waals surface area contributed by atoms with Crippen molar-refractivity contribution in [1.82, 2.24) is 0 Å². The Labute approximate surface area is 94.9 Å². The Balaban J connectivity index is -0.00000000178. The summed E-state index contributed by atoms with van der Waals surface area (Å²) < 4.78 is 34.1. The quantitative estimate of drug-likeness (QED) is 0.238. The van der Waals surface area contributed by atoms with Crippen LogP contribution in [0.4, 0.5) is 0 Å². The van der Waals surface area contributed by atoms with E-state index < -0.39 is 10.4 Å². The van der Waals surface area contributed by atoms with Crippen LogP contribution in [0.25, 0.3) is 0 Å². The van der Waals surface area contributed by atoms with E-state index in [1.807, 2.05) is 0 Å². The Hall–Kier alpha value is 0.0295. The smallest absolute Gasteiger partial charge is 0.759 e. The molecule has 0 spiro atoms. The SMILES string of the molecule is O.O.O.O.O.O.O.O.O.O=S(=O)([O-])[O-].[Cu+2].